The number of Topliss-reactive ketones (excluding diaryl/α,β-unsaturated/α-hetero) is 3. The van der Waals surface area contributed by atoms with E-state index < -0.39 is 77.8 Å². The monoisotopic (exact) mass is 1090 g/mol. The Hall–Kier alpha value is -4.69. The van der Waals surface area contributed by atoms with Crippen molar-refractivity contribution in [2.75, 3.05) is 41.0 Å². The molecule has 5 rings (SSSR count). The number of nitrogens with zero attached hydrogens (tertiary/aromatic N) is 3. The Kier molecular flexibility index (Phi) is 25.3. The number of esters is 1. The number of aliphatic hydroxyl groups is 2. The van der Waals surface area contributed by atoms with E-state index in [4.69, 9.17) is 28.4 Å². The summed E-state index contributed by atoms with van der Waals surface area (Å²) in [6, 6.07) is -1.16. The first-order valence-corrected chi connectivity index (χ1v) is 28.4. The second-order valence-corrected chi connectivity index (χ2v) is 22.7. The molecule has 2 amide bonds. The number of carbonyl (C=O) groups is 6. The van der Waals surface area contributed by atoms with Gasteiger partial charge in [-0.2, -0.15) is 0 Å². The van der Waals surface area contributed by atoms with Gasteiger partial charge in [-0.3, -0.25) is 24.0 Å². The number of carbonyl (C=O) groups excluding carboxylic acids is 6. The van der Waals surface area contributed by atoms with E-state index in [1.807, 2.05) is 75.9 Å². The Morgan fingerprint density at radius 1 is 0.910 bits per heavy atom. The molecule has 3 N–H and O–H groups in total. The van der Waals surface area contributed by atoms with Crippen LogP contribution in [0, 0.1) is 35.5 Å². The fraction of sp³-hybridized carbons (Fsp3) is 0.717. The van der Waals surface area contributed by atoms with Gasteiger partial charge in [-0.15, -0.1) is 0 Å². The second-order valence-electron chi connectivity index (χ2n) is 22.7. The molecule has 2 saturated heterocycles. The fourth-order valence-corrected chi connectivity index (χ4v) is 11.6. The number of methoxy groups -OCH3 is 3. The molecule has 3 fully saturated rings. The number of hydrogen-bond acceptors (Lipinski definition) is 15. The third kappa shape index (κ3) is 17.7. The Labute approximate surface area is 463 Å². The lowest BCUT2D eigenvalue weighted by Crippen LogP contribution is -2.61. The zero-order chi connectivity index (χ0) is 57.3. The molecular formula is C60H92N4O14. The quantitative estimate of drug-likeness (QED) is 0.0809. The van der Waals surface area contributed by atoms with Gasteiger partial charge in [-0.05, 0) is 107 Å². The third-order valence-electron chi connectivity index (χ3n) is 16.7. The number of cyclic esters (lactones) is 1. The number of rotatable bonds is 13. The smallest absolute Gasteiger partial charge is 0.329 e. The average Bonchev–Trinajstić information content (AvgIpc) is 3.86. The zero-order valence-electron chi connectivity index (χ0n) is 48.4. The maximum absolute atomic E-state index is 14.6. The number of hydrogen-bond donors (Lipinski definition) is 3. The standard InChI is InChI=1S/C60H92N4O14/c1-37-17-13-12-14-18-38(2)49(73-9)35-45-22-20-43(7)60(72,78-45)57(69)58(70)64-28-16-15-19-46(64)59(71)77-50(36-47(65)39(3)32-42(6)55(68)56(75-11)54(67)41(5)31-37)40(4)33-44-21-23-48(51(34-44)74-10)76-30-27-62-53(66)25-24-52-61-26-29-63(52)8/h12-14,17-18,26,29,32,37,39-41,43-46,48-51,55-56,68,72H,15-16,19-25,27-28,30-31,33-36H2,1-11H3,(H,62,66)/b14-12+,17-13+,38-18+,42-32+/t37-,39-,40-,41-,43-,44-,45+,46+,48-,49+,50+,51-,55-,56+,60-/m1/s1. The van der Waals surface area contributed by atoms with Gasteiger partial charge < -0.3 is 53.4 Å². The molecule has 2 bridgehead atoms. The summed E-state index contributed by atoms with van der Waals surface area (Å²) in [5.74, 6) is -7.39. The Bertz CT molecular complexity index is 2290. The number of amides is 2. The summed E-state index contributed by atoms with van der Waals surface area (Å²) in [6.07, 6.45) is 16.1. The van der Waals surface area contributed by atoms with Gasteiger partial charge in [-0.25, -0.2) is 9.78 Å². The number of aromatic nitrogens is 2. The number of aryl methyl sites for hydroxylation is 2. The van der Waals surface area contributed by atoms with Crippen LogP contribution >= 0.6 is 0 Å². The van der Waals surface area contributed by atoms with Crippen LogP contribution in [0.3, 0.4) is 0 Å². The van der Waals surface area contributed by atoms with E-state index in [2.05, 4.69) is 10.3 Å². The average molecular weight is 1090 g/mol. The van der Waals surface area contributed by atoms with E-state index >= 15 is 0 Å². The predicted molar refractivity (Wildman–Crippen MR) is 293 cm³/mol. The maximum Gasteiger partial charge on any atom is 0.329 e. The van der Waals surface area contributed by atoms with E-state index in [-0.39, 0.29) is 66.8 Å². The van der Waals surface area contributed by atoms with Crippen LogP contribution in [0.5, 0.6) is 0 Å². The minimum Gasteiger partial charge on any atom is -0.460 e. The molecule has 18 heteroatoms. The number of piperidine rings is 1. The SMILES string of the molecule is CO[C@H]1C[C@@H]2CC[C@@H](C)[C@@](O)(O2)C(=O)C(=O)N2CCCC[C@H]2C(=O)O[C@H]([C@H](C)C[C@H]2CC[C@@H](OCCNC(=O)CCc3nccn3C)[C@H](OC)C2)CC(=O)[C@H](C)/C=C(\C)[C@@H](O)[C@@H](OC)C(=O)[C@H](C)C[C@H](C)/C=C/C=C/C=C/1C. The molecule has 1 aromatic rings. The van der Waals surface area contributed by atoms with Crippen molar-refractivity contribution in [3.05, 3.63) is 65.8 Å². The van der Waals surface area contributed by atoms with Crippen molar-refractivity contribution in [3.8, 4) is 0 Å². The summed E-state index contributed by atoms with van der Waals surface area (Å²) in [6.45, 7) is 13.4. The highest BCUT2D eigenvalue weighted by Gasteiger charge is 2.53. The van der Waals surface area contributed by atoms with Crippen LogP contribution < -0.4 is 5.32 Å². The van der Waals surface area contributed by atoms with Crippen LogP contribution in [-0.2, 0) is 70.7 Å². The van der Waals surface area contributed by atoms with Crippen molar-refractivity contribution in [3.63, 3.8) is 0 Å². The number of ketones is 3. The Morgan fingerprint density at radius 2 is 1.67 bits per heavy atom. The topological polar surface area (TPSA) is 231 Å². The van der Waals surface area contributed by atoms with Gasteiger partial charge in [0.05, 0.1) is 31.0 Å². The summed E-state index contributed by atoms with van der Waals surface area (Å²) in [5, 5.41) is 26.5. The minimum atomic E-state index is -2.45. The van der Waals surface area contributed by atoms with Crippen molar-refractivity contribution in [1.82, 2.24) is 19.8 Å². The van der Waals surface area contributed by atoms with Crippen molar-refractivity contribution in [2.24, 2.45) is 42.6 Å². The first kappa shape index (κ1) is 64.1. The number of nitrogens with one attached hydrogen (secondary N) is 1. The molecule has 0 unspecified atom stereocenters. The summed E-state index contributed by atoms with van der Waals surface area (Å²) in [4.78, 5) is 89.6. The third-order valence-corrected chi connectivity index (χ3v) is 16.7. The summed E-state index contributed by atoms with van der Waals surface area (Å²) >= 11 is 0. The molecule has 1 saturated carbocycles. The van der Waals surface area contributed by atoms with E-state index in [0.29, 0.717) is 89.4 Å². The molecule has 1 aromatic heterocycles. The van der Waals surface area contributed by atoms with Crippen molar-refractivity contribution in [2.45, 2.75) is 193 Å². The molecule has 0 spiro atoms. The van der Waals surface area contributed by atoms with Crippen LogP contribution in [-0.4, -0.2) is 155 Å². The summed E-state index contributed by atoms with van der Waals surface area (Å²) in [7, 11) is 6.49. The Morgan fingerprint density at radius 3 is 2.36 bits per heavy atom. The van der Waals surface area contributed by atoms with Gasteiger partial charge >= 0.3 is 5.97 Å². The highest BCUT2D eigenvalue weighted by Crippen LogP contribution is 2.38. The Balaban J connectivity index is 1.37. The van der Waals surface area contributed by atoms with Crippen LogP contribution in [0.15, 0.2) is 60.0 Å². The number of ether oxygens (including phenoxy) is 6. The lowest BCUT2D eigenvalue weighted by Gasteiger charge is -2.42. The number of allylic oxidation sites excluding steroid dienone is 6. The van der Waals surface area contributed by atoms with E-state index in [9.17, 15) is 39.0 Å². The largest absolute Gasteiger partial charge is 0.460 e. The lowest BCUT2D eigenvalue weighted by molar-refractivity contribution is -0.265. The number of imidazole rings is 1. The van der Waals surface area contributed by atoms with Crippen LogP contribution in [0.4, 0.5) is 0 Å². The van der Waals surface area contributed by atoms with Gasteiger partial charge in [0.1, 0.15) is 36.0 Å². The number of aliphatic hydroxyl groups excluding tert-OH is 1. The summed E-state index contributed by atoms with van der Waals surface area (Å²) in [5.41, 5.74) is 1.25. The number of fused-ring (bicyclic) bond motifs is 3. The van der Waals surface area contributed by atoms with E-state index in [0.717, 1.165) is 17.8 Å². The molecule has 78 heavy (non-hydrogen) atoms. The van der Waals surface area contributed by atoms with Crippen molar-refractivity contribution >= 4 is 35.1 Å². The molecule has 18 nitrogen and oxygen atoms in total. The molecule has 1 aliphatic carbocycles. The highest BCUT2D eigenvalue weighted by atomic mass is 16.6. The van der Waals surface area contributed by atoms with Gasteiger partial charge in [-0.1, -0.05) is 71.1 Å². The highest BCUT2D eigenvalue weighted by molar-refractivity contribution is 6.39. The van der Waals surface area contributed by atoms with Crippen molar-refractivity contribution in [1.29, 1.82) is 0 Å². The second kappa shape index (κ2) is 30.8. The summed E-state index contributed by atoms with van der Waals surface area (Å²) < 4.78 is 38.1. The van der Waals surface area contributed by atoms with Gasteiger partial charge in [0.2, 0.25) is 11.7 Å². The predicted octanol–water partition coefficient (Wildman–Crippen LogP) is 6.69. The van der Waals surface area contributed by atoms with Crippen LogP contribution in [0.2, 0.25) is 0 Å². The molecular weight excluding hydrogens is 1000 g/mol. The molecule has 15 atom stereocenters. The van der Waals surface area contributed by atoms with Gasteiger partial charge in [0.25, 0.3) is 11.7 Å². The minimum absolute atomic E-state index is 0.00576. The fourth-order valence-electron chi connectivity index (χ4n) is 11.6. The van der Waals surface area contributed by atoms with Gasteiger partial charge in [0.15, 0.2) is 5.78 Å². The zero-order valence-corrected chi connectivity index (χ0v) is 48.4. The van der Waals surface area contributed by atoms with Crippen LogP contribution in [0.1, 0.15) is 138 Å². The van der Waals surface area contributed by atoms with E-state index in [1.54, 1.807) is 47.3 Å². The first-order chi connectivity index (χ1) is 37.1. The molecule has 4 aliphatic rings. The first-order valence-electron chi connectivity index (χ1n) is 28.4. The molecule has 4 heterocycles. The lowest BCUT2D eigenvalue weighted by atomic mass is 9.78. The normalized spacial score (nSPS) is 35.6. The molecule has 0 radical (unpaired) electrons. The van der Waals surface area contributed by atoms with Crippen LogP contribution in [0.25, 0.3) is 0 Å². The maximum atomic E-state index is 14.6. The van der Waals surface area contributed by atoms with Gasteiger partial charge in [0, 0.05) is 97.3 Å². The molecule has 3 aliphatic heterocycles. The van der Waals surface area contributed by atoms with Crippen molar-refractivity contribution < 1.29 is 67.4 Å². The molecule has 436 valence electrons. The molecule has 0 aromatic carbocycles. The van der Waals surface area contributed by atoms with E-state index in [1.165, 1.54) is 12.0 Å².